The topological polar surface area (TPSA) is 43.6 Å². The highest BCUT2D eigenvalue weighted by Crippen LogP contribution is 2.44. The van der Waals surface area contributed by atoms with Crippen molar-refractivity contribution in [2.75, 3.05) is 0 Å². The van der Waals surface area contributed by atoms with Crippen LogP contribution in [0.1, 0.15) is 0 Å². The van der Waals surface area contributed by atoms with Crippen LogP contribution in [0.15, 0.2) is 182 Å². The summed E-state index contributed by atoms with van der Waals surface area (Å²) in [5.74, 6) is 1.93. The zero-order chi connectivity index (χ0) is 34.4. The van der Waals surface area contributed by atoms with E-state index in [9.17, 15) is 0 Å². The minimum absolute atomic E-state index is 0.638. The van der Waals surface area contributed by atoms with Gasteiger partial charge >= 0.3 is 0 Å². The lowest BCUT2D eigenvalue weighted by Crippen LogP contribution is -2.00. The largest absolute Gasteiger partial charge is 0.308 e. The van der Waals surface area contributed by atoms with Crippen LogP contribution in [-0.2, 0) is 0 Å². The highest BCUT2D eigenvalue weighted by molar-refractivity contribution is 7.26. The average molecular weight is 683 g/mol. The number of rotatable bonds is 6. The lowest BCUT2D eigenvalue weighted by molar-refractivity contribution is 1.07. The van der Waals surface area contributed by atoms with Gasteiger partial charge < -0.3 is 4.57 Å². The quantitative estimate of drug-likeness (QED) is 0.175. The lowest BCUT2D eigenvalue weighted by Gasteiger charge is -2.14. The van der Waals surface area contributed by atoms with Crippen LogP contribution in [-0.4, -0.2) is 19.5 Å². The molecule has 3 aromatic heterocycles. The van der Waals surface area contributed by atoms with E-state index >= 15 is 0 Å². The van der Waals surface area contributed by atoms with E-state index in [0.29, 0.717) is 17.5 Å². The molecule has 0 aliphatic carbocycles. The summed E-state index contributed by atoms with van der Waals surface area (Å²) in [4.78, 5) is 15.1. The van der Waals surface area contributed by atoms with E-state index in [2.05, 4.69) is 126 Å². The van der Waals surface area contributed by atoms with Crippen molar-refractivity contribution in [3.8, 4) is 62.1 Å². The molecule has 0 radical (unpaired) electrons. The van der Waals surface area contributed by atoms with Crippen molar-refractivity contribution in [1.82, 2.24) is 19.5 Å². The summed E-state index contributed by atoms with van der Waals surface area (Å²) in [7, 11) is 0. The summed E-state index contributed by atoms with van der Waals surface area (Å²) in [6.45, 7) is 0. The molecule has 4 nitrogen and oxygen atoms in total. The molecule has 244 valence electrons. The number of benzene rings is 7. The molecule has 0 atom stereocenters. The van der Waals surface area contributed by atoms with Gasteiger partial charge in [0, 0.05) is 37.9 Å². The smallest absolute Gasteiger partial charge is 0.164 e. The van der Waals surface area contributed by atoms with Gasteiger partial charge in [-0.2, -0.15) is 0 Å². The lowest BCUT2D eigenvalue weighted by atomic mass is 9.98. The van der Waals surface area contributed by atoms with Crippen molar-refractivity contribution >= 4 is 42.5 Å². The number of nitrogens with zero attached hydrogens (tertiary/aromatic N) is 4. The molecule has 0 aliphatic rings. The van der Waals surface area contributed by atoms with Crippen LogP contribution >= 0.6 is 11.3 Å². The van der Waals surface area contributed by atoms with Crippen molar-refractivity contribution in [1.29, 1.82) is 0 Å². The van der Waals surface area contributed by atoms with Crippen molar-refractivity contribution < 1.29 is 0 Å². The number of aromatic nitrogens is 4. The van der Waals surface area contributed by atoms with E-state index in [1.165, 1.54) is 47.9 Å². The van der Waals surface area contributed by atoms with Gasteiger partial charge in [-0.3, -0.25) is 0 Å². The molecule has 7 aromatic carbocycles. The summed E-state index contributed by atoms with van der Waals surface area (Å²) in [6, 6.07) is 63.9. The monoisotopic (exact) mass is 682 g/mol. The molecule has 5 heteroatoms. The highest BCUT2D eigenvalue weighted by Gasteiger charge is 2.21. The van der Waals surface area contributed by atoms with Gasteiger partial charge in [0.25, 0.3) is 0 Å². The number of hydrogen-bond donors (Lipinski definition) is 0. The molecule has 3 heterocycles. The zero-order valence-electron chi connectivity index (χ0n) is 28.0. The van der Waals surface area contributed by atoms with Gasteiger partial charge in [0.2, 0.25) is 0 Å². The fraction of sp³-hybridized carbons (Fsp3) is 0. The van der Waals surface area contributed by atoms with Gasteiger partial charge in [-0.05, 0) is 52.6 Å². The molecular formula is C47H30N4S. The first-order valence-corrected chi connectivity index (χ1v) is 18.2. The molecule has 0 saturated heterocycles. The van der Waals surface area contributed by atoms with Gasteiger partial charge in [0.05, 0.1) is 15.7 Å². The molecule has 10 rings (SSSR count). The summed E-state index contributed by atoms with van der Waals surface area (Å²) in [5, 5.41) is 2.44. The SMILES string of the molecule is c1ccc(-c2cc(-c3ccccc3)cc(-n3c4cc(-c5nc(-c6ccccc6)nc(-c6ccccc6)n5)ccc4c4sc5ccccc5c43)c2)cc1. The van der Waals surface area contributed by atoms with E-state index in [1.54, 1.807) is 0 Å². The van der Waals surface area contributed by atoms with E-state index in [4.69, 9.17) is 15.0 Å². The van der Waals surface area contributed by atoms with Crippen LogP contribution in [0.4, 0.5) is 0 Å². The molecule has 0 bridgehead atoms. The molecule has 0 fully saturated rings. The maximum Gasteiger partial charge on any atom is 0.164 e. The normalized spacial score (nSPS) is 11.5. The van der Waals surface area contributed by atoms with Gasteiger partial charge in [0.15, 0.2) is 17.5 Å². The maximum absolute atomic E-state index is 5.08. The standard InChI is InChI=1S/C47H30N4S/c1-5-15-31(16-6-1)36-27-37(32-17-7-2-8-18-32)29-38(28-36)51-41-30-35(25-26-39(41)44-43(51)40-23-13-14-24-42(40)52-44)47-49-45(33-19-9-3-10-20-33)48-46(50-47)34-21-11-4-12-22-34/h1-30H. The minimum Gasteiger partial charge on any atom is -0.308 e. The predicted molar refractivity (Wildman–Crippen MR) is 217 cm³/mol. The Labute approximate surface area is 305 Å². The van der Waals surface area contributed by atoms with Crippen LogP contribution in [0.2, 0.25) is 0 Å². The zero-order valence-corrected chi connectivity index (χ0v) is 28.8. The summed E-state index contributed by atoms with van der Waals surface area (Å²) >= 11 is 1.85. The van der Waals surface area contributed by atoms with E-state index in [1.807, 2.05) is 72.0 Å². The average Bonchev–Trinajstić information content (AvgIpc) is 3.76. The van der Waals surface area contributed by atoms with E-state index in [0.717, 1.165) is 27.9 Å². The Balaban J connectivity index is 1.26. The fourth-order valence-electron chi connectivity index (χ4n) is 7.15. The minimum atomic E-state index is 0.638. The Bertz CT molecular complexity index is 2760. The van der Waals surface area contributed by atoms with Crippen LogP contribution < -0.4 is 0 Å². The number of hydrogen-bond acceptors (Lipinski definition) is 4. The van der Waals surface area contributed by atoms with Crippen LogP contribution in [0.25, 0.3) is 93.3 Å². The molecular weight excluding hydrogens is 653 g/mol. The molecule has 0 unspecified atom stereocenters. The first-order chi connectivity index (χ1) is 25.8. The molecule has 0 saturated carbocycles. The first-order valence-electron chi connectivity index (χ1n) is 17.4. The Morgan fingerprint density at radius 3 is 1.40 bits per heavy atom. The second-order valence-electron chi connectivity index (χ2n) is 12.9. The van der Waals surface area contributed by atoms with Gasteiger partial charge in [0.1, 0.15) is 0 Å². The second kappa shape index (κ2) is 12.6. The first kappa shape index (κ1) is 30.2. The molecule has 0 spiro atoms. The second-order valence-corrected chi connectivity index (χ2v) is 13.9. The maximum atomic E-state index is 5.08. The summed E-state index contributed by atoms with van der Waals surface area (Å²) in [5.41, 5.74) is 10.9. The predicted octanol–water partition coefficient (Wildman–Crippen LogP) is 12.5. The van der Waals surface area contributed by atoms with Crippen LogP contribution in [0, 0.1) is 0 Å². The Kier molecular flexibility index (Phi) is 7.29. The summed E-state index contributed by atoms with van der Waals surface area (Å²) in [6.07, 6.45) is 0. The van der Waals surface area contributed by atoms with Crippen molar-refractivity contribution in [3.63, 3.8) is 0 Å². The van der Waals surface area contributed by atoms with Crippen LogP contribution in [0.3, 0.4) is 0 Å². The van der Waals surface area contributed by atoms with Crippen molar-refractivity contribution in [3.05, 3.63) is 182 Å². The van der Waals surface area contributed by atoms with E-state index in [-0.39, 0.29) is 0 Å². The van der Waals surface area contributed by atoms with Gasteiger partial charge in [-0.15, -0.1) is 11.3 Å². The van der Waals surface area contributed by atoms with Crippen LogP contribution in [0.5, 0.6) is 0 Å². The Hall–Kier alpha value is -6.69. The van der Waals surface area contributed by atoms with Gasteiger partial charge in [-0.1, -0.05) is 152 Å². The molecule has 10 aromatic rings. The van der Waals surface area contributed by atoms with E-state index < -0.39 is 0 Å². The number of fused-ring (bicyclic) bond motifs is 5. The third kappa shape index (κ3) is 5.27. The highest BCUT2D eigenvalue weighted by atomic mass is 32.1. The van der Waals surface area contributed by atoms with Crippen molar-refractivity contribution in [2.24, 2.45) is 0 Å². The molecule has 52 heavy (non-hydrogen) atoms. The van der Waals surface area contributed by atoms with Gasteiger partial charge in [-0.25, -0.2) is 15.0 Å². The summed E-state index contributed by atoms with van der Waals surface area (Å²) < 4.78 is 4.98. The molecule has 0 amide bonds. The molecule has 0 aliphatic heterocycles. The van der Waals surface area contributed by atoms with Crippen molar-refractivity contribution in [2.45, 2.75) is 0 Å². The third-order valence-electron chi connectivity index (χ3n) is 9.62. The Morgan fingerprint density at radius 2 is 0.846 bits per heavy atom. The fourth-order valence-corrected chi connectivity index (χ4v) is 8.37. The number of thiophene rings is 1. The third-order valence-corrected chi connectivity index (χ3v) is 10.8. The molecule has 0 N–H and O–H groups in total. The Morgan fingerprint density at radius 1 is 0.365 bits per heavy atom.